The van der Waals surface area contributed by atoms with Crippen LogP contribution in [0.4, 0.5) is 0 Å². The van der Waals surface area contributed by atoms with Gasteiger partial charge in [0.1, 0.15) is 0 Å². The molecule has 1 aliphatic heterocycles. The number of sulfonamides is 1. The predicted octanol–water partition coefficient (Wildman–Crippen LogP) is 0.258. The molecule has 1 fully saturated rings. The van der Waals surface area contributed by atoms with Crippen LogP contribution in [0, 0.1) is 19.8 Å². The summed E-state index contributed by atoms with van der Waals surface area (Å²) in [4.78, 5) is 14.1. The third-order valence-electron chi connectivity index (χ3n) is 3.90. The summed E-state index contributed by atoms with van der Waals surface area (Å²) in [5.74, 6) is -0.520. The van der Waals surface area contributed by atoms with Gasteiger partial charge in [-0.15, -0.1) is 0 Å². The van der Waals surface area contributed by atoms with Crippen molar-refractivity contribution in [2.45, 2.75) is 24.8 Å². The molecule has 6 nitrogen and oxygen atoms in total. The quantitative estimate of drug-likeness (QED) is 0.832. The first-order chi connectivity index (χ1) is 10.2. The fourth-order valence-corrected chi connectivity index (χ4v) is 4.38. The van der Waals surface area contributed by atoms with Gasteiger partial charge in [-0.05, 0) is 44.2 Å². The molecule has 2 N–H and O–H groups in total. The number of hydrogen-bond donors (Lipinski definition) is 2. The van der Waals surface area contributed by atoms with E-state index in [1.807, 2.05) is 31.9 Å². The van der Waals surface area contributed by atoms with Crippen molar-refractivity contribution >= 4 is 15.9 Å². The van der Waals surface area contributed by atoms with E-state index in [0.29, 0.717) is 13.1 Å². The lowest BCUT2D eigenvalue weighted by Crippen LogP contribution is -2.45. The van der Waals surface area contributed by atoms with Gasteiger partial charge in [-0.3, -0.25) is 4.79 Å². The second-order valence-electron chi connectivity index (χ2n) is 5.99. The highest BCUT2D eigenvalue weighted by Crippen LogP contribution is 2.20. The number of likely N-dealkylation sites (tertiary alicyclic amines) is 1. The Balaban J connectivity index is 2.25. The minimum atomic E-state index is -3.64. The maximum Gasteiger partial charge on any atom is 0.240 e. The van der Waals surface area contributed by atoms with Crippen molar-refractivity contribution in [3.05, 3.63) is 29.3 Å². The van der Waals surface area contributed by atoms with E-state index in [1.165, 1.54) is 0 Å². The highest BCUT2D eigenvalue weighted by atomic mass is 32.2. The van der Waals surface area contributed by atoms with Gasteiger partial charge in [-0.2, -0.15) is 0 Å². The van der Waals surface area contributed by atoms with Crippen LogP contribution in [0.1, 0.15) is 11.1 Å². The Labute approximate surface area is 131 Å². The first-order valence-corrected chi connectivity index (χ1v) is 8.72. The number of rotatable bonds is 4. The summed E-state index contributed by atoms with van der Waals surface area (Å²) in [7, 11) is -0.202. The highest BCUT2D eigenvalue weighted by molar-refractivity contribution is 7.89. The zero-order valence-corrected chi connectivity index (χ0v) is 14.2. The van der Waals surface area contributed by atoms with Crippen molar-refractivity contribution in [3.63, 3.8) is 0 Å². The molecule has 22 heavy (non-hydrogen) atoms. The lowest BCUT2D eigenvalue weighted by molar-refractivity contribution is -0.124. The van der Waals surface area contributed by atoms with Crippen LogP contribution in [-0.2, 0) is 14.8 Å². The average Bonchev–Trinajstić information content (AvgIpc) is 2.77. The first kappa shape index (κ1) is 16.9. The summed E-state index contributed by atoms with van der Waals surface area (Å²) >= 11 is 0. The van der Waals surface area contributed by atoms with Gasteiger partial charge in [-0.1, -0.05) is 6.07 Å². The second kappa shape index (κ2) is 6.36. The topological polar surface area (TPSA) is 78.5 Å². The van der Waals surface area contributed by atoms with Crippen molar-refractivity contribution in [3.8, 4) is 0 Å². The number of aryl methyl sites for hydroxylation is 2. The molecular formula is C15H23N3O3S. The maximum absolute atomic E-state index is 12.6. The molecule has 122 valence electrons. The van der Waals surface area contributed by atoms with Gasteiger partial charge in [0, 0.05) is 26.2 Å². The molecule has 1 aromatic carbocycles. The molecule has 1 aromatic rings. The summed E-state index contributed by atoms with van der Waals surface area (Å²) in [6.45, 7) is 4.78. The molecule has 0 aromatic heterocycles. The molecule has 1 aliphatic rings. The van der Waals surface area contributed by atoms with Crippen LogP contribution in [-0.4, -0.2) is 52.5 Å². The normalized spacial score (nSPS) is 22.7. The van der Waals surface area contributed by atoms with Crippen LogP contribution in [0.5, 0.6) is 0 Å². The van der Waals surface area contributed by atoms with Crippen LogP contribution in [0.2, 0.25) is 0 Å². The van der Waals surface area contributed by atoms with Gasteiger partial charge >= 0.3 is 0 Å². The van der Waals surface area contributed by atoms with Gasteiger partial charge in [0.2, 0.25) is 15.9 Å². The molecule has 1 saturated heterocycles. The molecular weight excluding hydrogens is 302 g/mol. The number of benzene rings is 1. The van der Waals surface area contributed by atoms with Gasteiger partial charge in [0.25, 0.3) is 0 Å². The van der Waals surface area contributed by atoms with E-state index in [-0.39, 0.29) is 16.7 Å². The summed E-state index contributed by atoms with van der Waals surface area (Å²) < 4.78 is 27.9. The monoisotopic (exact) mass is 325 g/mol. The number of carbonyl (C=O) groups excluding carboxylic acids is 1. The first-order valence-electron chi connectivity index (χ1n) is 7.23. The molecule has 2 rings (SSSR count). The minimum Gasteiger partial charge on any atom is -0.359 e. The zero-order valence-electron chi connectivity index (χ0n) is 13.4. The molecule has 0 radical (unpaired) electrons. The number of nitrogens with zero attached hydrogens (tertiary/aromatic N) is 1. The Hall–Kier alpha value is -1.44. The van der Waals surface area contributed by atoms with Crippen molar-refractivity contribution in [1.29, 1.82) is 0 Å². The zero-order chi connectivity index (χ0) is 16.5. The van der Waals surface area contributed by atoms with Gasteiger partial charge in [-0.25, -0.2) is 13.1 Å². The van der Waals surface area contributed by atoms with Crippen LogP contribution >= 0.6 is 0 Å². The van der Waals surface area contributed by atoms with Crippen molar-refractivity contribution in [2.75, 3.05) is 27.2 Å². The average molecular weight is 325 g/mol. The number of hydrogen-bond acceptors (Lipinski definition) is 4. The van der Waals surface area contributed by atoms with Gasteiger partial charge in [0.15, 0.2) is 0 Å². The van der Waals surface area contributed by atoms with E-state index in [9.17, 15) is 13.2 Å². The van der Waals surface area contributed by atoms with Crippen molar-refractivity contribution in [2.24, 2.45) is 5.92 Å². The van der Waals surface area contributed by atoms with E-state index >= 15 is 0 Å². The van der Waals surface area contributed by atoms with E-state index in [4.69, 9.17) is 0 Å². The van der Waals surface area contributed by atoms with Crippen molar-refractivity contribution in [1.82, 2.24) is 14.9 Å². The Kier molecular flexibility index (Phi) is 4.89. The standard InChI is InChI=1S/C15H23N3O3S/c1-10-5-11(2)7-12(6-10)22(20,21)17-14-9-18(4)8-13(14)15(19)16-3/h5-7,13-14,17H,8-9H2,1-4H3,(H,16,19)/t13-,14-/m0/s1. The number of amides is 1. The van der Waals surface area contributed by atoms with E-state index in [0.717, 1.165) is 11.1 Å². The summed E-state index contributed by atoms with van der Waals surface area (Å²) in [5, 5.41) is 2.60. The third-order valence-corrected chi connectivity index (χ3v) is 5.37. The summed E-state index contributed by atoms with van der Waals surface area (Å²) in [6, 6.07) is 4.79. The SMILES string of the molecule is CNC(=O)[C@H]1CN(C)C[C@@H]1NS(=O)(=O)c1cc(C)cc(C)c1. The van der Waals surface area contributed by atoms with Crippen LogP contribution < -0.4 is 10.0 Å². The third kappa shape index (κ3) is 3.66. The molecule has 0 saturated carbocycles. The Morgan fingerprint density at radius 3 is 2.32 bits per heavy atom. The Bertz CT molecular complexity index is 652. The Morgan fingerprint density at radius 1 is 1.18 bits per heavy atom. The lowest BCUT2D eigenvalue weighted by atomic mass is 10.0. The largest absolute Gasteiger partial charge is 0.359 e. The van der Waals surface area contributed by atoms with Crippen LogP contribution in [0.15, 0.2) is 23.1 Å². The maximum atomic E-state index is 12.6. The minimum absolute atomic E-state index is 0.141. The molecule has 1 amide bonds. The number of likely N-dealkylation sites (N-methyl/N-ethyl adjacent to an activating group) is 1. The van der Waals surface area contributed by atoms with Gasteiger partial charge < -0.3 is 10.2 Å². The lowest BCUT2D eigenvalue weighted by Gasteiger charge is -2.19. The molecule has 1 heterocycles. The highest BCUT2D eigenvalue weighted by Gasteiger charge is 2.38. The van der Waals surface area contributed by atoms with E-state index in [1.54, 1.807) is 19.2 Å². The summed E-state index contributed by atoms with van der Waals surface area (Å²) in [6.07, 6.45) is 0. The second-order valence-corrected chi connectivity index (χ2v) is 7.71. The predicted molar refractivity (Wildman–Crippen MR) is 85.1 cm³/mol. The molecule has 0 unspecified atom stereocenters. The van der Waals surface area contributed by atoms with E-state index in [2.05, 4.69) is 10.0 Å². The fraction of sp³-hybridized carbons (Fsp3) is 0.533. The number of nitrogens with one attached hydrogen (secondary N) is 2. The molecule has 0 bridgehead atoms. The van der Waals surface area contributed by atoms with Crippen molar-refractivity contribution < 1.29 is 13.2 Å². The molecule has 7 heteroatoms. The molecule has 0 aliphatic carbocycles. The fourth-order valence-electron chi connectivity index (χ4n) is 2.93. The van der Waals surface area contributed by atoms with Crippen LogP contribution in [0.3, 0.4) is 0 Å². The van der Waals surface area contributed by atoms with E-state index < -0.39 is 16.1 Å². The summed E-state index contributed by atoms with van der Waals surface area (Å²) in [5.41, 5.74) is 1.79. The Morgan fingerprint density at radius 2 is 1.77 bits per heavy atom. The smallest absolute Gasteiger partial charge is 0.240 e. The van der Waals surface area contributed by atoms with Gasteiger partial charge in [0.05, 0.1) is 10.8 Å². The van der Waals surface area contributed by atoms with Crippen LogP contribution in [0.25, 0.3) is 0 Å². The molecule has 0 spiro atoms. The number of carbonyl (C=O) groups is 1. The molecule has 2 atom stereocenters.